The first kappa shape index (κ1) is 15.2. The molecule has 1 aromatic rings. The van der Waals surface area contributed by atoms with Gasteiger partial charge in [0.15, 0.2) is 0 Å². The molecule has 0 bridgehead atoms. The molecule has 0 unspecified atom stereocenters. The molecule has 4 heteroatoms. The minimum atomic E-state index is -0.348. The number of benzene rings is 1. The van der Waals surface area contributed by atoms with Gasteiger partial charge in [0.05, 0.1) is 19.8 Å². The van der Waals surface area contributed by atoms with Crippen molar-refractivity contribution in [2.45, 2.75) is 19.4 Å². The fourth-order valence-electron chi connectivity index (χ4n) is 1.37. The number of carbonyl (C=O) groups is 1. The predicted octanol–water partition coefficient (Wildman–Crippen LogP) is 2.68. The lowest BCUT2D eigenvalue weighted by atomic mass is 10.2. The lowest BCUT2D eigenvalue weighted by Gasteiger charge is -2.08. The molecule has 19 heavy (non-hydrogen) atoms. The maximum atomic E-state index is 11.4. The van der Waals surface area contributed by atoms with Crippen LogP contribution in [0.4, 0.5) is 0 Å². The van der Waals surface area contributed by atoms with Crippen LogP contribution in [0.15, 0.2) is 30.3 Å². The molecular formula is C15H20O4. The summed E-state index contributed by atoms with van der Waals surface area (Å²) in [4.78, 5) is 11.4. The number of ether oxygens (including phenoxy) is 3. The van der Waals surface area contributed by atoms with E-state index in [-0.39, 0.29) is 12.1 Å². The fraction of sp³-hybridized carbons (Fsp3) is 0.400. The van der Waals surface area contributed by atoms with Crippen molar-refractivity contribution in [2.24, 2.45) is 0 Å². The maximum Gasteiger partial charge on any atom is 0.330 e. The number of hydrogen-bond donors (Lipinski definition) is 0. The van der Waals surface area contributed by atoms with Gasteiger partial charge in [-0.2, -0.15) is 0 Å². The molecule has 0 radical (unpaired) electrons. The first-order chi connectivity index (χ1) is 9.15. The van der Waals surface area contributed by atoms with Gasteiger partial charge < -0.3 is 14.2 Å². The molecule has 0 spiro atoms. The van der Waals surface area contributed by atoms with Crippen molar-refractivity contribution in [1.82, 2.24) is 0 Å². The molecule has 0 aliphatic rings. The van der Waals surface area contributed by atoms with Gasteiger partial charge in [0.2, 0.25) is 0 Å². The highest BCUT2D eigenvalue weighted by atomic mass is 16.5. The molecule has 0 fully saturated rings. The Kier molecular flexibility index (Phi) is 6.68. The van der Waals surface area contributed by atoms with E-state index >= 15 is 0 Å². The highest BCUT2D eigenvalue weighted by Crippen LogP contribution is 2.12. The molecule has 0 heterocycles. The van der Waals surface area contributed by atoms with Gasteiger partial charge in [-0.15, -0.1) is 0 Å². The quantitative estimate of drug-likeness (QED) is 0.561. The Morgan fingerprint density at radius 3 is 2.53 bits per heavy atom. The summed E-state index contributed by atoms with van der Waals surface area (Å²) >= 11 is 0. The molecule has 0 aliphatic carbocycles. The van der Waals surface area contributed by atoms with Gasteiger partial charge in [-0.05, 0) is 30.7 Å². The van der Waals surface area contributed by atoms with E-state index in [2.05, 4.69) is 0 Å². The molecular weight excluding hydrogens is 244 g/mol. The van der Waals surface area contributed by atoms with Crippen molar-refractivity contribution in [1.29, 1.82) is 0 Å². The number of methoxy groups -OCH3 is 2. The van der Waals surface area contributed by atoms with E-state index in [0.717, 1.165) is 11.3 Å². The molecule has 1 atom stereocenters. The smallest absolute Gasteiger partial charge is 0.330 e. The summed E-state index contributed by atoms with van der Waals surface area (Å²) in [5, 5.41) is 0. The average Bonchev–Trinajstić information content (AvgIpc) is 2.45. The molecule has 4 nitrogen and oxygen atoms in total. The van der Waals surface area contributed by atoms with Gasteiger partial charge in [-0.1, -0.05) is 12.1 Å². The van der Waals surface area contributed by atoms with Crippen molar-refractivity contribution in [2.75, 3.05) is 20.8 Å². The zero-order chi connectivity index (χ0) is 14.1. The van der Waals surface area contributed by atoms with Crippen LogP contribution in [0.1, 0.15) is 18.9 Å². The third-order valence-electron chi connectivity index (χ3n) is 2.70. The van der Waals surface area contributed by atoms with Gasteiger partial charge in [0, 0.05) is 19.6 Å². The summed E-state index contributed by atoms with van der Waals surface area (Å²) in [7, 11) is 3.25. The van der Waals surface area contributed by atoms with Gasteiger partial charge in [-0.3, -0.25) is 0 Å². The second-order valence-corrected chi connectivity index (χ2v) is 4.11. The summed E-state index contributed by atoms with van der Waals surface area (Å²) < 4.78 is 15.2. The second-order valence-electron chi connectivity index (χ2n) is 4.11. The van der Waals surface area contributed by atoms with E-state index in [9.17, 15) is 4.79 Å². The normalized spacial score (nSPS) is 12.4. The minimum Gasteiger partial charge on any atom is -0.497 e. The van der Waals surface area contributed by atoms with Gasteiger partial charge in [-0.25, -0.2) is 4.79 Å². The third-order valence-corrected chi connectivity index (χ3v) is 2.70. The summed E-state index contributed by atoms with van der Waals surface area (Å²) in [6.45, 7) is 2.29. The van der Waals surface area contributed by atoms with Gasteiger partial charge in [0.25, 0.3) is 0 Å². The number of rotatable bonds is 7. The standard InChI is InChI=1S/C15H20O4/c1-12(17-2)10-11-19-15(16)9-6-13-4-7-14(18-3)8-5-13/h4-9,12H,10-11H2,1-3H3/b9-6-/t12-/m0/s1. The summed E-state index contributed by atoms with van der Waals surface area (Å²) in [5.41, 5.74) is 0.919. The highest BCUT2D eigenvalue weighted by Gasteiger charge is 2.01. The van der Waals surface area contributed by atoms with Crippen LogP contribution >= 0.6 is 0 Å². The van der Waals surface area contributed by atoms with Crippen LogP contribution in [-0.2, 0) is 14.3 Å². The first-order valence-electron chi connectivity index (χ1n) is 6.17. The van der Waals surface area contributed by atoms with E-state index in [1.54, 1.807) is 20.3 Å². The first-order valence-corrected chi connectivity index (χ1v) is 6.17. The predicted molar refractivity (Wildman–Crippen MR) is 74.1 cm³/mol. The SMILES string of the molecule is COc1ccc(/C=C\C(=O)OCC[C@H](C)OC)cc1. The zero-order valence-corrected chi connectivity index (χ0v) is 11.6. The molecule has 1 aromatic carbocycles. The van der Waals surface area contributed by atoms with E-state index in [1.165, 1.54) is 6.08 Å². The van der Waals surface area contributed by atoms with Crippen LogP contribution in [0.2, 0.25) is 0 Å². The average molecular weight is 264 g/mol. The van der Waals surface area contributed by atoms with E-state index in [4.69, 9.17) is 14.2 Å². The second kappa shape index (κ2) is 8.32. The Balaban J connectivity index is 2.36. The molecule has 104 valence electrons. The zero-order valence-electron chi connectivity index (χ0n) is 11.6. The van der Waals surface area contributed by atoms with Crippen LogP contribution in [0, 0.1) is 0 Å². The molecule has 0 aromatic heterocycles. The third kappa shape index (κ3) is 6.06. The van der Waals surface area contributed by atoms with Gasteiger partial charge >= 0.3 is 5.97 Å². The molecule has 0 amide bonds. The van der Waals surface area contributed by atoms with Crippen LogP contribution < -0.4 is 4.74 Å². The van der Waals surface area contributed by atoms with Crippen LogP contribution in [-0.4, -0.2) is 32.9 Å². The highest BCUT2D eigenvalue weighted by molar-refractivity contribution is 5.87. The minimum absolute atomic E-state index is 0.0957. The van der Waals surface area contributed by atoms with E-state index in [1.807, 2.05) is 31.2 Å². The van der Waals surface area contributed by atoms with Gasteiger partial charge in [0.1, 0.15) is 5.75 Å². The van der Waals surface area contributed by atoms with Crippen molar-refractivity contribution in [3.8, 4) is 5.75 Å². The lowest BCUT2D eigenvalue weighted by molar-refractivity contribution is -0.138. The molecule has 1 rings (SSSR count). The molecule has 0 N–H and O–H groups in total. The van der Waals surface area contributed by atoms with Crippen molar-refractivity contribution >= 4 is 12.0 Å². The van der Waals surface area contributed by atoms with E-state index in [0.29, 0.717) is 13.0 Å². The summed E-state index contributed by atoms with van der Waals surface area (Å²) in [6, 6.07) is 7.42. The largest absolute Gasteiger partial charge is 0.497 e. The maximum absolute atomic E-state index is 11.4. The summed E-state index contributed by atoms with van der Waals surface area (Å²) in [5.74, 6) is 0.437. The Morgan fingerprint density at radius 1 is 1.26 bits per heavy atom. The van der Waals surface area contributed by atoms with Crippen molar-refractivity contribution in [3.05, 3.63) is 35.9 Å². The Labute approximate surface area is 114 Å². The monoisotopic (exact) mass is 264 g/mol. The topological polar surface area (TPSA) is 44.8 Å². The number of hydrogen-bond acceptors (Lipinski definition) is 4. The Morgan fingerprint density at radius 2 is 1.95 bits per heavy atom. The van der Waals surface area contributed by atoms with Crippen LogP contribution in [0.5, 0.6) is 5.75 Å². The Bertz CT molecular complexity index is 409. The van der Waals surface area contributed by atoms with Crippen LogP contribution in [0.25, 0.3) is 6.08 Å². The lowest BCUT2D eigenvalue weighted by Crippen LogP contribution is -2.11. The van der Waals surface area contributed by atoms with E-state index < -0.39 is 0 Å². The molecule has 0 aliphatic heterocycles. The number of esters is 1. The number of carbonyl (C=O) groups excluding carboxylic acids is 1. The molecule has 0 saturated heterocycles. The van der Waals surface area contributed by atoms with Crippen molar-refractivity contribution in [3.63, 3.8) is 0 Å². The fourth-order valence-corrected chi connectivity index (χ4v) is 1.37. The molecule has 0 saturated carbocycles. The Hall–Kier alpha value is -1.81. The summed E-state index contributed by atoms with van der Waals surface area (Å²) in [6.07, 6.45) is 3.91. The van der Waals surface area contributed by atoms with Crippen LogP contribution in [0.3, 0.4) is 0 Å². The van der Waals surface area contributed by atoms with Crippen molar-refractivity contribution < 1.29 is 19.0 Å².